The van der Waals surface area contributed by atoms with E-state index >= 15 is 0 Å². The van der Waals surface area contributed by atoms with E-state index in [9.17, 15) is 43.2 Å². The van der Waals surface area contributed by atoms with E-state index < -0.39 is 97.5 Å². The number of hydrogen-bond acceptors (Lipinski definition) is 15. The number of unbranched alkanes of at least 4 members (excludes halogenated alkanes) is 20. The third kappa shape index (κ3) is 67.8. The van der Waals surface area contributed by atoms with Crippen LogP contribution in [0.3, 0.4) is 0 Å². The minimum absolute atomic E-state index is 0.0615. The standard InChI is InChI=1S/C77H128O17P2/c1-5-9-13-17-21-25-29-32-34-35-37-40-43-46-50-54-58-62-75(80)88-68-73(94-77(82)64-60-56-52-48-44-38-31-27-23-19-15-11-7-3)70-92-96(85,86)90-66-71(78)65-89-95(83,84)91-69-72(93-76(81)63-59-55-51-47-41-28-24-20-16-12-8-4)67-87-74(79)61-57-53-49-45-42-39-36-33-30-26-22-18-14-10-6-2/h9-10,13-14,20-22,24-27,31-34,36-37,40,42,45,53,57,71-73,78H,5-8,11-12,15-19,23,28-30,35,38-39,41,43-44,46-52,54-56,58-70H2,1-4H3,(H,83,84)(H,85,86)/b13-9-,14-10-,24-20-,25-21-,26-22-,31-27-,34-32-,36-33-,40-37-,45-42-,57-53-. The molecule has 19 heteroatoms. The van der Waals surface area contributed by atoms with Crippen LogP contribution in [0.1, 0.15) is 272 Å². The minimum Gasteiger partial charge on any atom is -0.462 e. The maximum absolute atomic E-state index is 13.0. The van der Waals surface area contributed by atoms with E-state index in [0.717, 1.165) is 154 Å². The van der Waals surface area contributed by atoms with Gasteiger partial charge in [-0.05, 0) is 135 Å². The van der Waals surface area contributed by atoms with Gasteiger partial charge in [0.2, 0.25) is 0 Å². The number of hydrogen-bond donors (Lipinski definition) is 3. The summed E-state index contributed by atoms with van der Waals surface area (Å²) in [6, 6.07) is 0. The fourth-order valence-electron chi connectivity index (χ4n) is 9.08. The normalized spacial score (nSPS) is 14.8. The summed E-state index contributed by atoms with van der Waals surface area (Å²) in [4.78, 5) is 72.6. The van der Waals surface area contributed by atoms with E-state index in [1.165, 1.54) is 38.5 Å². The summed E-state index contributed by atoms with van der Waals surface area (Å²) in [5.41, 5.74) is 0. The van der Waals surface area contributed by atoms with Crippen LogP contribution in [0.25, 0.3) is 0 Å². The number of carbonyl (C=O) groups is 4. The number of allylic oxidation sites excluding steroid dienone is 21. The van der Waals surface area contributed by atoms with Gasteiger partial charge < -0.3 is 33.8 Å². The van der Waals surface area contributed by atoms with Crippen molar-refractivity contribution < 1.29 is 80.2 Å². The molecule has 5 atom stereocenters. The van der Waals surface area contributed by atoms with Gasteiger partial charge in [-0.3, -0.25) is 37.3 Å². The van der Waals surface area contributed by atoms with Crippen molar-refractivity contribution in [3.05, 3.63) is 134 Å². The second-order valence-electron chi connectivity index (χ2n) is 23.8. The molecular formula is C77H128O17P2. The molecule has 0 aliphatic carbocycles. The Labute approximate surface area is 580 Å². The second-order valence-corrected chi connectivity index (χ2v) is 26.7. The SMILES string of the molecule is CC/C=C\C/C=C\C/C=C\C/C=C\C/C=C\CC(=O)OCC(COP(=O)(O)OCC(O)COP(=O)(O)OCC(COC(=O)CCCCCC/C=C\C/C=C\C/C=C\C/C=C\CC)OC(=O)CCCCCCC/C=C\CCCCCC)OC(=O)CCCCCCC/C=C\CCCC. The van der Waals surface area contributed by atoms with Crippen LogP contribution < -0.4 is 0 Å². The van der Waals surface area contributed by atoms with Crippen LogP contribution in [0.2, 0.25) is 0 Å². The van der Waals surface area contributed by atoms with Crippen molar-refractivity contribution in [3.8, 4) is 0 Å². The Morgan fingerprint density at radius 1 is 0.312 bits per heavy atom. The molecular weight excluding hydrogens is 1260 g/mol. The smallest absolute Gasteiger partial charge is 0.462 e. The fourth-order valence-corrected chi connectivity index (χ4v) is 10.7. The molecule has 0 aromatic carbocycles. The topological polar surface area (TPSA) is 237 Å². The van der Waals surface area contributed by atoms with Gasteiger partial charge in [-0.25, -0.2) is 9.13 Å². The van der Waals surface area contributed by atoms with E-state index in [0.29, 0.717) is 25.7 Å². The number of aliphatic hydroxyl groups is 1. The van der Waals surface area contributed by atoms with Crippen LogP contribution in [0.5, 0.6) is 0 Å². The van der Waals surface area contributed by atoms with Gasteiger partial charge in [0.15, 0.2) is 12.2 Å². The maximum Gasteiger partial charge on any atom is 0.472 e. The summed E-state index contributed by atoms with van der Waals surface area (Å²) in [5.74, 6) is -2.38. The lowest BCUT2D eigenvalue weighted by atomic mass is 10.1. The van der Waals surface area contributed by atoms with Crippen LogP contribution in [0, 0.1) is 0 Å². The molecule has 0 bridgehead atoms. The minimum atomic E-state index is -4.99. The van der Waals surface area contributed by atoms with Crippen molar-refractivity contribution >= 4 is 39.5 Å². The molecule has 0 radical (unpaired) electrons. The molecule has 0 aromatic rings. The van der Waals surface area contributed by atoms with E-state index in [4.69, 9.17) is 37.0 Å². The first-order chi connectivity index (χ1) is 46.7. The van der Waals surface area contributed by atoms with Gasteiger partial charge in [-0.2, -0.15) is 0 Å². The molecule has 0 aliphatic heterocycles. The molecule has 0 aromatic heterocycles. The number of ether oxygens (including phenoxy) is 4. The van der Waals surface area contributed by atoms with E-state index in [1.54, 1.807) is 6.08 Å². The van der Waals surface area contributed by atoms with E-state index in [2.05, 4.69) is 137 Å². The van der Waals surface area contributed by atoms with Crippen molar-refractivity contribution in [2.75, 3.05) is 39.6 Å². The number of aliphatic hydroxyl groups excluding tert-OH is 1. The zero-order chi connectivity index (χ0) is 70.4. The molecule has 0 saturated heterocycles. The van der Waals surface area contributed by atoms with Crippen molar-refractivity contribution in [3.63, 3.8) is 0 Å². The lowest BCUT2D eigenvalue weighted by Crippen LogP contribution is -2.30. The third-order valence-corrected chi connectivity index (χ3v) is 16.5. The number of phosphoric acid groups is 2. The average Bonchev–Trinajstić information content (AvgIpc) is 1.10. The van der Waals surface area contributed by atoms with Crippen LogP contribution >= 0.6 is 15.6 Å². The highest BCUT2D eigenvalue weighted by molar-refractivity contribution is 7.47. The molecule has 17 nitrogen and oxygen atoms in total. The molecule has 0 fully saturated rings. The van der Waals surface area contributed by atoms with Crippen LogP contribution in [0.4, 0.5) is 0 Å². The Bertz CT molecular complexity index is 2350. The summed E-state index contributed by atoms with van der Waals surface area (Å²) in [7, 11) is -9.98. The monoisotopic (exact) mass is 1390 g/mol. The van der Waals surface area contributed by atoms with Crippen molar-refractivity contribution in [1.29, 1.82) is 0 Å². The van der Waals surface area contributed by atoms with Gasteiger partial charge in [0.1, 0.15) is 19.3 Å². The predicted molar refractivity (Wildman–Crippen MR) is 390 cm³/mol. The van der Waals surface area contributed by atoms with Gasteiger partial charge in [0, 0.05) is 19.3 Å². The molecule has 3 N–H and O–H groups in total. The number of esters is 4. The molecule has 0 spiro atoms. The van der Waals surface area contributed by atoms with Crippen molar-refractivity contribution in [2.45, 2.75) is 290 Å². The second kappa shape index (κ2) is 68.7. The van der Waals surface area contributed by atoms with Crippen molar-refractivity contribution in [1.82, 2.24) is 0 Å². The van der Waals surface area contributed by atoms with Crippen LogP contribution in [-0.2, 0) is 65.4 Å². The summed E-state index contributed by atoms with van der Waals surface area (Å²) in [6.45, 7) is 4.40. The predicted octanol–water partition coefficient (Wildman–Crippen LogP) is 20.5. The Hall–Kier alpha value is -4.80. The first-order valence-corrected chi connectivity index (χ1v) is 39.4. The van der Waals surface area contributed by atoms with Crippen LogP contribution in [0.15, 0.2) is 134 Å². The lowest BCUT2D eigenvalue weighted by Gasteiger charge is -2.21. The highest BCUT2D eigenvalue weighted by Crippen LogP contribution is 2.45. The highest BCUT2D eigenvalue weighted by Gasteiger charge is 2.30. The Kier molecular flexibility index (Phi) is 65.3. The third-order valence-electron chi connectivity index (χ3n) is 14.6. The molecule has 548 valence electrons. The van der Waals surface area contributed by atoms with Crippen molar-refractivity contribution in [2.24, 2.45) is 0 Å². The Morgan fingerprint density at radius 3 is 0.969 bits per heavy atom. The zero-order valence-corrected chi connectivity index (χ0v) is 61.3. The largest absolute Gasteiger partial charge is 0.472 e. The highest BCUT2D eigenvalue weighted by atomic mass is 31.2. The molecule has 5 unspecified atom stereocenters. The Morgan fingerprint density at radius 2 is 0.594 bits per heavy atom. The van der Waals surface area contributed by atoms with Crippen LogP contribution in [-0.4, -0.2) is 96.7 Å². The quantitative estimate of drug-likeness (QED) is 0.0169. The molecule has 0 heterocycles. The molecule has 0 rings (SSSR count). The first-order valence-electron chi connectivity index (χ1n) is 36.4. The first kappa shape index (κ1) is 91.2. The molecule has 0 saturated carbocycles. The lowest BCUT2D eigenvalue weighted by molar-refractivity contribution is -0.161. The summed E-state index contributed by atoms with van der Waals surface area (Å²) in [6.07, 6.45) is 74.9. The van der Waals surface area contributed by atoms with Gasteiger partial charge in [-0.1, -0.05) is 245 Å². The molecule has 0 amide bonds. The number of carbonyl (C=O) groups excluding carboxylic acids is 4. The number of phosphoric ester groups is 2. The molecule has 96 heavy (non-hydrogen) atoms. The van der Waals surface area contributed by atoms with Gasteiger partial charge >= 0.3 is 39.5 Å². The van der Waals surface area contributed by atoms with E-state index in [-0.39, 0.29) is 25.7 Å². The fraction of sp³-hybridized carbons (Fsp3) is 0.662. The van der Waals surface area contributed by atoms with E-state index in [1.807, 2.05) is 18.2 Å². The zero-order valence-electron chi connectivity index (χ0n) is 59.5. The summed E-state index contributed by atoms with van der Waals surface area (Å²) < 4.78 is 68.1. The van der Waals surface area contributed by atoms with Gasteiger partial charge in [0.05, 0.1) is 32.8 Å². The average molecular weight is 1390 g/mol. The summed E-state index contributed by atoms with van der Waals surface area (Å²) in [5, 5.41) is 10.6. The Balaban J connectivity index is 5.42. The number of rotatable bonds is 67. The summed E-state index contributed by atoms with van der Waals surface area (Å²) >= 11 is 0. The maximum atomic E-state index is 13.0. The molecule has 0 aliphatic rings. The van der Waals surface area contributed by atoms with Gasteiger partial charge in [0.25, 0.3) is 0 Å². The van der Waals surface area contributed by atoms with Gasteiger partial charge in [-0.15, -0.1) is 0 Å².